The van der Waals surface area contributed by atoms with E-state index in [0.717, 1.165) is 5.56 Å². The molecule has 8 heteroatoms. The van der Waals surface area contributed by atoms with Crippen molar-refractivity contribution in [3.05, 3.63) is 89.5 Å². The Kier molecular flexibility index (Phi) is 9.13. The molecule has 0 bridgehead atoms. The topological polar surface area (TPSA) is 88.7 Å². The molecule has 0 spiro atoms. The van der Waals surface area contributed by atoms with Crippen molar-refractivity contribution in [2.75, 3.05) is 30.5 Å². The fourth-order valence-electron chi connectivity index (χ4n) is 3.13. The van der Waals surface area contributed by atoms with Crippen LogP contribution in [0.15, 0.2) is 72.8 Å². The first kappa shape index (κ1) is 24.9. The molecule has 7 nitrogen and oxygen atoms in total. The summed E-state index contributed by atoms with van der Waals surface area (Å²) in [6, 6.07) is 21.3. The number of carbonyl (C=O) groups is 2. The third-order valence-corrected chi connectivity index (χ3v) is 4.91. The van der Waals surface area contributed by atoms with E-state index in [2.05, 4.69) is 16.0 Å². The van der Waals surface area contributed by atoms with E-state index >= 15 is 0 Å². The summed E-state index contributed by atoms with van der Waals surface area (Å²) in [5, 5.41) is 8.57. The Labute approximate surface area is 204 Å². The number of hydrogen-bond donors (Lipinski definition) is 3. The van der Waals surface area contributed by atoms with Gasteiger partial charge in [-0.05, 0) is 74.1 Å². The summed E-state index contributed by atoms with van der Waals surface area (Å²) in [7, 11) is 0. The number of rotatable bonds is 9. The number of carbonyl (C=O) groups excluding carboxylic acids is 2. The van der Waals surface area contributed by atoms with E-state index in [0.29, 0.717) is 48.1 Å². The van der Waals surface area contributed by atoms with E-state index < -0.39 is 5.91 Å². The van der Waals surface area contributed by atoms with Gasteiger partial charge in [0.25, 0.3) is 11.8 Å². The first-order chi connectivity index (χ1) is 16.5. The van der Waals surface area contributed by atoms with Crippen LogP contribution in [-0.4, -0.2) is 36.7 Å². The molecule has 0 aliphatic rings. The third kappa shape index (κ3) is 7.40. The molecule has 0 heterocycles. The zero-order valence-corrected chi connectivity index (χ0v) is 19.9. The maximum Gasteiger partial charge on any atom is 0.261 e. The number of aryl methyl sites for hydroxylation is 1. The van der Waals surface area contributed by atoms with E-state index in [4.69, 9.17) is 21.7 Å². The molecule has 34 heavy (non-hydrogen) atoms. The second-order valence-corrected chi connectivity index (χ2v) is 7.76. The van der Waals surface area contributed by atoms with E-state index in [1.165, 1.54) is 0 Å². The molecular weight excluding hydrogens is 450 g/mol. The molecule has 0 aliphatic heterocycles. The summed E-state index contributed by atoms with van der Waals surface area (Å²) in [6.07, 6.45) is 0. The molecule has 3 rings (SSSR count). The van der Waals surface area contributed by atoms with Crippen LogP contribution in [-0.2, 0) is 4.74 Å². The minimum absolute atomic E-state index is 0.102. The molecule has 0 atom stereocenters. The van der Waals surface area contributed by atoms with Crippen molar-refractivity contribution in [1.82, 2.24) is 5.32 Å². The predicted molar refractivity (Wildman–Crippen MR) is 138 cm³/mol. The van der Waals surface area contributed by atoms with E-state index in [1.807, 2.05) is 38.1 Å². The highest BCUT2D eigenvalue weighted by Crippen LogP contribution is 2.18. The molecule has 0 saturated carbocycles. The summed E-state index contributed by atoms with van der Waals surface area (Å²) in [5.74, 6) is -0.211. The average molecular weight is 478 g/mol. The molecule has 0 radical (unpaired) electrons. The van der Waals surface area contributed by atoms with Crippen LogP contribution in [0, 0.1) is 6.92 Å². The second-order valence-electron chi connectivity index (χ2n) is 7.35. The minimum Gasteiger partial charge on any atom is -0.490 e. The van der Waals surface area contributed by atoms with Crippen molar-refractivity contribution in [2.45, 2.75) is 13.8 Å². The van der Waals surface area contributed by atoms with E-state index in [9.17, 15) is 9.59 Å². The molecule has 0 saturated heterocycles. The molecule has 3 N–H and O–H groups in total. The number of hydrogen-bond acceptors (Lipinski definition) is 5. The largest absolute Gasteiger partial charge is 0.490 e. The van der Waals surface area contributed by atoms with Gasteiger partial charge in [-0.1, -0.05) is 30.3 Å². The van der Waals surface area contributed by atoms with Crippen LogP contribution in [0.1, 0.15) is 33.2 Å². The highest BCUT2D eigenvalue weighted by atomic mass is 32.1. The molecule has 176 valence electrons. The highest BCUT2D eigenvalue weighted by molar-refractivity contribution is 7.80. The fraction of sp³-hybridized carbons (Fsp3) is 0.192. The standard InChI is InChI=1S/C26H27N3O4S/c1-3-32-14-15-33-23-13-5-4-12-22(23)25(31)29-26(34)28-21-11-7-9-19(17-21)24(30)27-20-10-6-8-18(2)16-20/h4-13,16-17H,3,14-15H2,1-2H3,(H,27,30)(H2,28,29,31,34). The first-order valence-corrected chi connectivity index (χ1v) is 11.3. The molecule has 0 unspecified atom stereocenters. The van der Waals surface area contributed by atoms with Crippen molar-refractivity contribution in [1.29, 1.82) is 0 Å². The summed E-state index contributed by atoms with van der Waals surface area (Å²) in [4.78, 5) is 25.4. The van der Waals surface area contributed by atoms with Gasteiger partial charge in [-0.2, -0.15) is 0 Å². The monoisotopic (exact) mass is 477 g/mol. The van der Waals surface area contributed by atoms with Crippen LogP contribution < -0.4 is 20.7 Å². The molecular formula is C26H27N3O4S. The van der Waals surface area contributed by atoms with Gasteiger partial charge < -0.3 is 20.1 Å². The Morgan fingerprint density at radius 3 is 2.35 bits per heavy atom. The maximum atomic E-state index is 12.7. The lowest BCUT2D eigenvalue weighted by Crippen LogP contribution is -2.34. The van der Waals surface area contributed by atoms with Gasteiger partial charge in [0.1, 0.15) is 12.4 Å². The van der Waals surface area contributed by atoms with Gasteiger partial charge in [-0.3, -0.25) is 14.9 Å². The quantitative estimate of drug-likeness (QED) is 0.303. The van der Waals surface area contributed by atoms with Crippen molar-refractivity contribution >= 4 is 40.5 Å². The van der Waals surface area contributed by atoms with Gasteiger partial charge in [0.05, 0.1) is 12.2 Å². The highest BCUT2D eigenvalue weighted by Gasteiger charge is 2.14. The van der Waals surface area contributed by atoms with Crippen molar-refractivity contribution in [3.8, 4) is 5.75 Å². The lowest BCUT2D eigenvalue weighted by atomic mass is 10.1. The van der Waals surface area contributed by atoms with Gasteiger partial charge >= 0.3 is 0 Å². The first-order valence-electron chi connectivity index (χ1n) is 10.9. The summed E-state index contributed by atoms with van der Waals surface area (Å²) < 4.78 is 10.9. The molecule has 0 aromatic heterocycles. The second kappa shape index (κ2) is 12.5. The Morgan fingerprint density at radius 2 is 1.59 bits per heavy atom. The minimum atomic E-state index is -0.405. The number of thiocarbonyl (C=S) groups is 1. The van der Waals surface area contributed by atoms with Crippen LogP contribution in [0.3, 0.4) is 0 Å². The van der Waals surface area contributed by atoms with Gasteiger partial charge in [-0.25, -0.2) is 0 Å². The van der Waals surface area contributed by atoms with Crippen molar-refractivity contribution in [2.24, 2.45) is 0 Å². The maximum absolute atomic E-state index is 12.7. The molecule has 3 aromatic carbocycles. The zero-order valence-electron chi connectivity index (χ0n) is 19.1. The lowest BCUT2D eigenvalue weighted by molar-refractivity contribution is 0.0958. The lowest BCUT2D eigenvalue weighted by Gasteiger charge is -2.13. The van der Waals surface area contributed by atoms with E-state index in [-0.39, 0.29) is 11.0 Å². The van der Waals surface area contributed by atoms with Gasteiger partial charge in [0.2, 0.25) is 0 Å². The van der Waals surface area contributed by atoms with Crippen molar-refractivity contribution in [3.63, 3.8) is 0 Å². The summed E-state index contributed by atoms with van der Waals surface area (Å²) >= 11 is 5.30. The van der Waals surface area contributed by atoms with E-state index in [1.54, 1.807) is 48.5 Å². The Bertz CT molecular complexity index is 1170. The van der Waals surface area contributed by atoms with Crippen LogP contribution in [0.25, 0.3) is 0 Å². The van der Waals surface area contributed by atoms with Gasteiger partial charge in [-0.15, -0.1) is 0 Å². The third-order valence-electron chi connectivity index (χ3n) is 4.71. The number of anilines is 2. The molecule has 2 amide bonds. The van der Waals surface area contributed by atoms with Crippen LogP contribution in [0.2, 0.25) is 0 Å². The molecule has 0 fully saturated rings. The Morgan fingerprint density at radius 1 is 0.853 bits per heavy atom. The summed E-state index contributed by atoms with van der Waals surface area (Å²) in [6.45, 7) is 5.22. The number of ether oxygens (including phenoxy) is 2. The number of nitrogens with one attached hydrogen (secondary N) is 3. The SMILES string of the molecule is CCOCCOc1ccccc1C(=O)NC(=S)Nc1cccc(C(=O)Nc2cccc(C)c2)c1. The number of benzene rings is 3. The Balaban J connectivity index is 1.60. The van der Waals surface area contributed by atoms with Crippen LogP contribution >= 0.6 is 12.2 Å². The Hall–Kier alpha value is -3.75. The summed E-state index contributed by atoms with van der Waals surface area (Å²) in [5.41, 5.74) is 3.15. The normalized spacial score (nSPS) is 10.3. The fourth-order valence-corrected chi connectivity index (χ4v) is 3.34. The number of para-hydroxylation sites is 1. The van der Waals surface area contributed by atoms with Gasteiger partial charge in [0.15, 0.2) is 5.11 Å². The average Bonchev–Trinajstić information content (AvgIpc) is 2.82. The van der Waals surface area contributed by atoms with Crippen molar-refractivity contribution < 1.29 is 19.1 Å². The number of amides is 2. The smallest absolute Gasteiger partial charge is 0.261 e. The van der Waals surface area contributed by atoms with Crippen LogP contribution in [0.5, 0.6) is 5.75 Å². The predicted octanol–water partition coefficient (Wildman–Crippen LogP) is 4.79. The zero-order chi connectivity index (χ0) is 24.3. The van der Waals surface area contributed by atoms with Crippen LogP contribution in [0.4, 0.5) is 11.4 Å². The molecule has 3 aromatic rings. The van der Waals surface area contributed by atoms with Gasteiger partial charge in [0, 0.05) is 23.5 Å². The molecule has 0 aliphatic carbocycles.